The number of rotatable bonds is 6. The molecule has 0 atom stereocenters. The topological polar surface area (TPSA) is 73.1 Å². The first-order valence-electron chi connectivity index (χ1n) is 9.20. The van der Waals surface area contributed by atoms with E-state index in [-0.39, 0.29) is 12.1 Å². The minimum Gasteiger partial charge on any atom is -0.324 e. The summed E-state index contributed by atoms with van der Waals surface area (Å²) in [6.45, 7) is 3.62. The van der Waals surface area contributed by atoms with Crippen molar-refractivity contribution in [2.24, 2.45) is 0 Å². The number of hydrogen-bond donors (Lipinski definition) is 1. The van der Waals surface area contributed by atoms with Crippen LogP contribution in [0.5, 0.6) is 0 Å². The number of aromatic nitrogens is 2. The van der Waals surface area contributed by atoms with Gasteiger partial charge < -0.3 is 5.32 Å². The molecule has 6 nitrogen and oxygen atoms in total. The maximum absolute atomic E-state index is 13.7. The van der Waals surface area contributed by atoms with Gasteiger partial charge >= 0.3 is 5.69 Å². The van der Waals surface area contributed by atoms with Gasteiger partial charge in [-0.2, -0.15) is 0 Å². The van der Waals surface area contributed by atoms with E-state index < -0.39 is 17.4 Å². The molecule has 0 aliphatic heterocycles. The van der Waals surface area contributed by atoms with Gasteiger partial charge in [0.1, 0.15) is 12.4 Å². The van der Waals surface area contributed by atoms with E-state index in [0.717, 1.165) is 6.42 Å². The van der Waals surface area contributed by atoms with Crippen molar-refractivity contribution in [3.05, 3.63) is 74.7 Å². The molecule has 0 fully saturated rings. The summed E-state index contributed by atoms with van der Waals surface area (Å²) < 4.78 is 16.2. The highest BCUT2D eigenvalue weighted by Crippen LogP contribution is 2.14. The van der Waals surface area contributed by atoms with Gasteiger partial charge in [0.05, 0.1) is 10.9 Å². The second kappa shape index (κ2) is 8.21. The average molecular weight is 383 g/mol. The number of carbonyl (C=O) groups is 1. The summed E-state index contributed by atoms with van der Waals surface area (Å²) in [6.07, 6.45) is 1.51. The molecule has 146 valence electrons. The van der Waals surface area contributed by atoms with Gasteiger partial charge in [-0.25, -0.2) is 9.18 Å². The first-order valence-corrected chi connectivity index (χ1v) is 9.20. The lowest BCUT2D eigenvalue weighted by molar-refractivity contribution is -0.116. The van der Waals surface area contributed by atoms with E-state index >= 15 is 0 Å². The number of fused-ring (bicyclic) bond motifs is 1. The van der Waals surface area contributed by atoms with E-state index in [4.69, 9.17) is 0 Å². The summed E-state index contributed by atoms with van der Waals surface area (Å²) >= 11 is 0. The number of nitrogens with zero attached hydrogens (tertiary/aromatic N) is 2. The molecule has 1 aromatic heterocycles. The van der Waals surface area contributed by atoms with Crippen LogP contribution in [0.1, 0.15) is 25.3 Å². The molecule has 28 heavy (non-hydrogen) atoms. The fraction of sp³-hybridized carbons (Fsp3) is 0.286. The Labute approximate surface area is 161 Å². The molecule has 0 saturated heterocycles. The van der Waals surface area contributed by atoms with Crippen molar-refractivity contribution in [2.75, 3.05) is 5.32 Å². The highest BCUT2D eigenvalue weighted by molar-refractivity contribution is 5.91. The van der Waals surface area contributed by atoms with Crippen LogP contribution in [0.2, 0.25) is 0 Å². The SMILES string of the molecule is CCCCn1c(=O)c2ccccc2n(CC(=O)Nc2ccc(C)c(F)c2)c1=O. The second-order valence-electron chi connectivity index (χ2n) is 6.71. The van der Waals surface area contributed by atoms with Crippen LogP contribution >= 0.6 is 0 Å². The summed E-state index contributed by atoms with van der Waals surface area (Å²) in [5, 5.41) is 2.98. The number of nitrogens with one attached hydrogen (secondary N) is 1. The van der Waals surface area contributed by atoms with Crippen molar-refractivity contribution >= 4 is 22.5 Å². The van der Waals surface area contributed by atoms with E-state index in [9.17, 15) is 18.8 Å². The standard InChI is InChI=1S/C21H22FN3O3/c1-3-4-11-24-20(27)16-7-5-6-8-18(16)25(21(24)28)13-19(26)23-15-10-9-14(2)17(22)12-15/h5-10,12H,3-4,11,13H2,1-2H3,(H,23,26). The van der Waals surface area contributed by atoms with Crippen LogP contribution in [0.4, 0.5) is 10.1 Å². The molecule has 1 N–H and O–H groups in total. The maximum Gasteiger partial charge on any atom is 0.331 e. The number of aryl methyl sites for hydroxylation is 1. The number of unbranched alkanes of at least 4 members (excludes halogenated alkanes) is 1. The molecule has 0 aliphatic carbocycles. The molecule has 0 spiro atoms. The monoisotopic (exact) mass is 383 g/mol. The summed E-state index contributed by atoms with van der Waals surface area (Å²) in [6, 6.07) is 11.1. The lowest BCUT2D eigenvalue weighted by Crippen LogP contribution is -2.41. The molecule has 1 amide bonds. The number of benzene rings is 2. The molecule has 3 rings (SSSR count). The third-order valence-electron chi connectivity index (χ3n) is 4.62. The fourth-order valence-corrected chi connectivity index (χ4v) is 3.05. The number of anilines is 1. The number of halogens is 1. The minimum atomic E-state index is -0.526. The molecule has 0 unspecified atom stereocenters. The molecule has 7 heteroatoms. The third-order valence-corrected chi connectivity index (χ3v) is 4.62. The number of amides is 1. The third kappa shape index (κ3) is 3.88. The van der Waals surface area contributed by atoms with Crippen molar-refractivity contribution in [1.82, 2.24) is 9.13 Å². The van der Waals surface area contributed by atoms with Crippen LogP contribution in [0.15, 0.2) is 52.1 Å². The summed E-state index contributed by atoms with van der Waals surface area (Å²) in [4.78, 5) is 38.0. The first kappa shape index (κ1) is 19.5. The Kier molecular flexibility index (Phi) is 5.73. The van der Waals surface area contributed by atoms with Gasteiger partial charge in [-0.1, -0.05) is 31.5 Å². The van der Waals surface area contributed by atoms with E-state index in [0.29, 0.717) is 35.1 Å². The van der Waals surface area contributed by atoms with Crippen molar-refractivity contribution < 1.29 is 9.18 Å². The molecular weight excluding hydrogens is 361 g/mol. The molecule has 1 heterocycles. The average Bonchev–Trinajstić information content (AvgIpc) is 2.68. The minimum absolute atomic E-state index is 0.277. The van der Waals surface area contributed by atoms with E-state index in [2.05, 4.69) is 5.32 Å². The van der Waals surface area contributed by atoms with Crippen LogP contribution in [-0.4, -0.2) is 15.0 Å². The smallest absolute Gasteiger partial charge is 0.324 e. The lowest BCUT2D eigenvalue weighted by atomic mass is 10.2. The Morgan fingerprint density at radius 3 is 2.57 bits per heavy atom. The van der Waals surface area contributed by atoms with Gasteiger partial charge in [0.2, 0.25) is 5.91 Å². The van der Waals surface area contributed by atoms with E-state index in [1.54, 1.807) is 43.3 Å². The molecule has 0 bridgehead atoms. The summed E-state index contributed by atoms with van der Waals surface area (Å²) in [7, 11) is 0. The van der Waals surface area contributed by atoms with Gasteiger partial charge in [-0.3, -0.25) is 18.7 Å². The Morgan fingerprint density at radius 2 is 1.86 bits per heavy atom. The van der Waals surface area contributed by atoms with Gasteiger partial charge in [0, 0.05) is 12.2 Å². The second-order valence-corrected chi connectivity index (χ2v) is 6.71. The predicted molar refractivity (Wildman–Crippen MR) is 107 cm³/mol. The van der Waals surface area contributed by atoms with Crippen molar-refractivity contribution in [3.63, 3.8) is 0 Å². The van der Waals surface area contributed by atoms with Gasteiger partial charge in [0.25, 0.3) is 5.56 Å². The number of para-hydroxylation sites is 1. The first-order chi connectivity index (χ1) is 13.4. The van der Waals surface area contributed by atoms with Gasteiger partial charge in [-0.05, 0) is 43.2 Å². The molecule has 0 radical (unpaired) electrons. The zero-order valence-corrected chi connectivity index (χ0v) is 15.9. The number of carbonyl (C=O) groups excluding carboxylic acids is 1. The largest absolute Gasteiger partial charge is 0.331 e. The Hall–Kier alpha value is -3.22. The Morgan fingerprint density at radius 1 is 1.11 bits per heavy atom. The normalized spacial score (nSPS) is 11.0. The molecule has 0 saturated carbocycles. The highest BCUT2D eigenvalue weighted by atomic mass is 19.1. The van der Waals surface area contributed by atoms with E-state index in [1.165, 1.54) is 15.2 Å². The molecular formula is C21H22FN3O3. The Balaban J connectivity index is 1.99. The quantitative estimate of drug-likeness (QED) is 0.711. The maximum atomic E-state index is 13.7. The zero-order valence-electron chi connectivity index (χ0n) is 15.9. The Bertz CT molecular complexity index is 1150. The van der Waals surface area contributed by atoms with Gasteiger partial charge in [-0.15, -0.1) is 0 Å². The fourth-order valence-electron chi connectivity index (χ4n) is 3.05. The van der Waals surface area contributed by atoms with Crippen molar-refractivity contribution in [3.8, 4) is 0 Å². The summed E-state index contributed by atoms with van der Waals surface area (Å²) in [5.41, 5.74) is 0.303. The van der Waals surface area contributed by atoms with Crippen molar-refractivity contribution in [2.45, 2.75) is 39.8 Å². The van der Waals surface area contributed by atoms with E-state index in [1.807, 2.05) is 6.92 Å². The van der Waals surface area contributed by atoms with Crippen LogP contribution < -0.4 is 16.6 Å². The van der Waals surface area contributed by atoms with Crippen LogP contribution in [0.3, 0.4) is 0 Å². The lowest BCUT2D eigenvalue weighted by Gasteiger charge is -2.14. The number of hydrogen-bond acceptors (Lipinski definition) is 3. The molecule has 2 aromatic carbocycles. The highest BCUT2D eigenvalue weighted by Gasteiger charge is 2.15. The van der Waals surface area contributed by atoms with Gasteiger partial charge in [0.15, 0.2) is 0 Å². The summed E-state index contributed by atoms with van der Waals surface area (Å²) in [5.74, 6) is -0.898. The van der Waals surface area contributed by atoms with Crippen LogP contribution in [0, 0.1) is 12.7 Å². The zero-order chi connectivity index (χ0) is 20.3. The van der Waals surface area contributed by atoms with Crippen LogP contribution in [0.25, 0.3) is 10.9 Å². The molecule has 0 aliphatic rings. The van der Waals surface area contributed by atoms with Crippen molar-refractivity contribution in [1.29, 1.82) is 0 Å². The molecule has 3 aromatic rings. The van der Waals surface area contributed by atoms with Crippen LogP contribution in [-0.2, 0) is 17.9 Å². The predicted octanol–water partition coefficient (Wildman–Crippen LogP) is 3.05.